The summed E-state index contributed by atoms with van der Waals surface area (Å²) >= 11 is 0. The van der Waals surface area contributed by atoms with Crippen LogP contribution >= 0.6 is 0 Å². The zero-order chi connectivity index (χ0) is 7.56. The van der Waals surface area contributed by atoms with Crippen LogP contribution in [0.3, 0.4) is 0 Å². The molecular weight excluding hydrogens is 128 g/mol. The molecule has 0 unspecified atom stereocenters. The van der Waals surface area contributed by atoms with Crippen LogP contribution in [0.2, 0.25) is 0 Å². The number of rotatable bonds is 0. The number of nitrogens with zero attached hydrogens (tertiary/aromatic N) is 1. The van der Waals surface area contributed by atoms with E-state index in [4.69, 9.17) is 16.1 Å². The molecule has 0 fully saturated rings. The highest BCUT2D eigenvalue weighted by atomic mass is 16.3. The topological polar surface area (TPSA) is 70.0 Å². The van der Waals surface area contributed by atoms with E-state index in [1.165, 1.54) is 12.1 Å². The van der Waals surface area contributed by atoms with E-state index in [0.717, 1.165) is 0 Å². The van der Waals surface area contributed by atoms with Crippen molar-refractivity contribution in [1.82, 2.24) is 0 Å². The molecule has 0 aliphatic heterocycles. The monoisotopic (exact) mass is 134 g/mol. The molecule has 3 heteroatoms. The fourth-order valence-electron chi connectivity index (χ4n) is 0.652. The summed E-state index contributed by atoms with van der Waals surface area (Å²) in [4.78, 5) is 0. The Morgan fingerprint density at radius 1 is 1.50 bits per heavy atom. The third kappa shape index (κ3) is 0.869. The molecule has 0 bridgehead atoms. The Morgan fingerprint density at radius 2 is 2.20 bits per heavy atom. The highest BCUT2D eigenvalue weighted by Gasteiger charge is 2.00. The minimum Gasteiger partial charge on any atom is -0.504 e. The molecule has 1 rings (SSSR count). The highest BCUT2D eigenvalue weighted by molar-refractivity contribution is 5.59. The molecule has 0 heterocycles. The number of para-hydroxylation sites is 1. The van der Waals surface area contributed by atoms with Crippen molar-refractivity contribution in [3.8, 4) is 11.8 Å². The van der Waals surface area contributed by atoms with Crippen LogP contribution in [-0.2, 0) is 0 Å². The van der Waals surface area contributed by atoms with E-state index in [1.54, 1.807) is 12.1 Å². The summed E-state index contributed by atoms with van der Waals surface area (Å²) in [5, 5.41) is 17.4. The lowest BCUT2D eigenvalue weighted by atomic mass is 10.2. The van der Waals surface area contributed by atoms with Gasteiger partial charge in [0.25, 0.3) is 0 Å². The van der Waals surface area contributed by atoms with Gasteiger partial charge in [-0.3, -0.25) is 0 Å². The third-order valence-electron chi connectivity index (χ3n) is 1.19. The zero-order valence-corrected chi connectivity index (χ0v) is 5.20. The SMILES string of the molecule is N#Cc1cccc(N)c1O. The summed E-state index contributed by atoms with van der Waals surface area (Å²) in [6.07, 6.45) is 0. The van der Waals surface area contributed by atoms with Gasteiger partial charge in [0.1, 0.15) is 6.07 Å². The first-order chi connectivity index (χ1) is 4.75. The van der Waals surface area contributed by atoms with Crippen LogP contribution in [0.5, 0.6) is 5.75 Å². The predicted molar refractivity (Wildman–Crippen MR) is 37.2 cm³/mol. The Balaban J connectivity index is 3.31. The highest BCUT2D eigenvalue weighted by Crippen LogP contribution is 2.22. The Labute approximate surface area is 58.3 Å². The van der Waals surface area contributed by atoms with Gasteiger partial charge in [-0.1, -0.05) is 6.07 Å². The molecule has 1 aromatic carbocycles. The van der Waals surface area contributed by atoms with Crippen LogP contribution in [0.15, 0.2) is 18.2 Å². The number of aromatic hydroxyl groups is 1. The van der Waals surface area contributed by atoms with Gasteiger partial charge in [-0.25, -0.2) is 0 Å². The predicted octanol–water partition coefficient (Wildman–Crippen LogP) is 0.846. The maximum Gasteiger partial charge on any atom is 0.156 e. The van der Waals surface area contributed by atoms with E-state index in [-0.39, 0.29) is 17.0 Å². The Bertz CT molecular complexity index is 288. The van der Waals surface area contributed by atoms with Crippen molar-refractivity contribution in [1.29, 1.82) is 5.26 Å². The second kappa shape index (κ2) is 2.28. The molecule has 10 heavy (non-hydrogen) atoms. The van der Waals surface area contributed by atoms with Crippen LogP contribution in [0.4, 0.5) is 5.69 Å². The quantitative estimate of drug-likeness (QED) is 0.408. The van der Waals surface area contributed by atoms with Crippen molar-refractivity contribution in [2.24, 2.45) is 0 Å². The fraction of sp³-hybridized carbons (Fsp3) is 0. The van der Waals surface area contributed by atoms with E-state index in [9.17, 15) is 0 Å². The molecule has 0 aliphatic rings. The minimum absolute atomic E-state index is 0.134. The van der Waals surface area contributed by atoms with Gasteiger partial charge in [-0.2, -0.15) is 5.26 Å². The lowest BCUT2D eigenvalue weighted by Gasteiger charge is -1.97. The fourth-order valence-corrected chi connectivity index (χ4v) is 0.652. The van der Waals surface area contributed by atoms with Gasteiger partial charge in [-0.05, 0) is 12.1 Å². The summed E-state index contributed by atoms with van der Waals surface area (Å²) in [7, 11) is 0. The maximum atomic E-state index is 9.05. The van der Waals surface area contributed by atoms with Gasteiger partial charge >= 0.3 is 0 Å². The molecule has 0 atom stereocenters. The smallest absolute Gasteiger partial charge is 0.156 e. The number of phenolic OH excluding ortho intramolecular Hbond substituents is 1. The summed E-state index contributed by atoms with van der Waals surface area (Å²) in [5.41, 5.74) is 5.74. The lowest BCUT2D eigenvalue weighted by molar-refractivity contribution is 0.476. The molecule has 50 valence electrons. The van der Waals surface area contributed by atoms with E-state index in [1.807, 2.05) is 0 Å². The van der Waals surface area contributed by atoms with Gasteiger partial charge < -0.3 is 10.8 Å². The lowest BCUT2D eigenvalue weighted by Crippen LogP contribution is -1.86. The van der Waals surface area contributed by atoms with E-state index < -0.39 is 0 Å². The second-order valence-corrected chi connectivity index (χ2v) is 1.86. The average molecular weight is 134 g/mol. The number of hydrogen-bond donors (Lipinski definition) is 2. The summed E-state index contributed by atoms with van der Waals surface area (Å²) in [6.45, 7) is 0. The summed E-state index contributed by atoms with van der Waals surface area (Å²) in [6, 6.07) is 6.47. The van der Waals surface area contributed by atoms with Gasteiger partial charge in [0, 0.05) is 0 Å². The van der Waals surface area contributed by atoms with Gasteiger partial charge in [0.2, 0.25) is 0 Å². The standard InChI is InChI=1S/C7H6N2O/c8-4-5-2-1-3-6(9)7(5)10/h1-3,10H,9H2. The van der Waals surface area contributed by atoms with Crippen LogP contribution in [0.25, 0.3) is 0 Å². The first-order valence-electron chi connectivity index (χ1n) is 2.73. The maximum absolute atomic E-state index is 9.05. The van der Waals surface area contributed by atoms with Crippen LogP contribution in [0, 0.1) is 11.3 Å². The molecule has 0 spiro atoms. The molecule has 3 nitrogen and oxygen atoms in total. The van der Waals surface area contributed by atoms with Crippen molar-refractivity contribution < 1.29 is 5.11 Å². The van der Waals surface area contributed by atoms with Crippen LogP contribution in [0.1, 0.15) is 5.56 Å². The number of nitrogen functional groups attached to an aromatic ring is 1. The molecule has 3 N–H and O–H groups in total. The number of nitriles is 1. The second-order valence-electron chi connectivity index (χ2n) is 1.86. The van der Waals surface area contributed by atoms with E-state index in [0.29, 0.717) is 0 Å². The van der Waals surface area contributed by atoms with Gasteiger partial charge in [0.15, 0.2) is 5.75 Å². The summed E-state index contributed by atoms with van der Waals surface area (Å²) in [5.74, 6) is -0.134. The van der Waals surface area contributed by atoms with Crippen molar-refractivity contribution in [2.45, 2.75) is 0 Å². The zero-order valence-electron chi connectivity index (χ0n) is 5.20. The number of benzene rings is 1. The largest absolute Gasteiger partial charge is 0.504 e. The molecule has 0 saturated carbocycles. The molecule has 0 radical (unpaired) electrons. The van der Waals surface area contributed by atoms with Crippen LogP contribution in [-0.4, -0.2) is 5.11 Å². The first-order valence-corrected chi connectivity index (χ1v) is 2.73. The van der Waals surface area contributed by atoms with Gasteiger partial charge in [-0.15, -0.1) is 0 Å². The number of nitrogens with two attached hydrogens (primary N) is 1. The van der Waals surface area contributed by atoms with Gasteiger partial charge in [0.05, 0.1) is 11.3 Å². The van der Waals surface area contributed by atoms with E-state index >= 15 is 0 Å². The minimum atomic E-state index is -0.134. The first kappa shape index (κ1) is 6.43. The van der Waals surface area contributed by atoms with Crippen molar-refractivity contribution in [2.75, 3.05) is 5.73 Å². The number of anilines is 1. The third-order valence-corrected chi connectivity index (χ3v) is 1.19. The van der Waals surface area contributed by atoms with E-state index in [2.05, 4.69) is 0 Å². The molecule has 1 aromatic rings. The number of phenols is 1. The molecule has 0 amide bonds. The average Bonchev–Trinajstić information content (AvgIpc) is 1.95. The van der Waals surface area contributed by atoms with Crippen molar-refractivity contribution >= 4 is 5.69 Å². The Kier molecular flexibility index (Phi) is 1.46. The van der Waals surface area contributed by atoms with Crippen molar-refractivity contribution in [3.63, 3.8) is 0 Å². The Morgan fingerprint density at radius 3 is 2.70 bits per heavy atom. The Hall–Kier alpha value is -1.69. The molecule has 0 saturated heterocycles. The van der Waals surface area contributed by atoms with Crippen molar-refractivity contribution in [3.05, 3.63) is 23.8 Å². The van der Waals surface area contributed by atoms with Crippen LogP contribution < -0.4 is 5.73 Å². The molecule has 0 aliphatic carbocycles. The normalized spacial score (nSPS) is 8.70. The molecule has 0 aromatic heterocycles. The number of hydrogen-bond acceptors (Lipinski definition) is 3. The molecular formula is C7H6N2O. The summed E-state index contributed by atoms with van der Waals surface area (Å²) < 4.78 is 0.